The Labute approximate surface area is 135 Å². The number of benzene rings is 1. The molecule has 4 nitrogen and oxygen atoms in total. The highest BCUT2D eigenvalue weighted by molar-refractivity contribution is 9.10. The number of ether oxygens (including phenoxy) is 1. The van der Waals surface area contributed by atoms with Crippen LogP contribution in [0.1, 0.15) is 36.0 Å². The molecule has 0 radical (unpaired) electrons. The lowest BCUT2D eigenvalue weighted by Crippen LogP contribution is -2.42. The number of nitrogens with one attached hydrogen (secondary N) is 1. The molecule has 1 amide bonds. The molecule has 1 fully saturated rings. The Balaban J connectivity index is 2.04. The molecule has 116 valence electrons. The van der Waals surface area contributed by atoms with Crippen LogP contribution >= 0.6 is 15.9 Å². The van der Waals surface area contributed by atoms with E-state index in [1.54, 1.807) is 7.11 Å². The molecule has 1 aromatic carbocycles. The molecule has 0 saturated heterocycles. The van der Waals surface area contributed by atoms with Crippen molar-refractivity contribution < 1.29 is 9.53 Å². The highest BCUT2D eigenvalue weighted by Crippen LogP contribution is 2.28. The SMILES string of the molecule is CNC1CCC(N(C)C(=O)c2ccc(OC)c(Br)c2)CC1. The number of hydrogen-bond acceptors (Lipinski definition) is 3. The number of halogens is 1. The van der Waals surface area contributed by atoms with Gasteiger partial charge in [-0.3, -0.25) is 4.79 Å². The maximum absolute atomic E-state index is 12.6. The Bertz CT molecular complexity index is 499. The molecule has 1 aromatic rings. The normalized spacial score (nSPS) is 21.9. The lowest BCUT2D eigenvalue weighted by molar-refractivity contribution is 0.0685. The van der Waals surface area contributed by atoms with E-state index in [-0.39, 0.29) is 5.91 Å². The maximum Gasteiger partial charge on any atom is 0.253 e. The van der Waals surface area contributed by atoms with Gasteiger partial charge in [0.05, 0.1) is 11.6 Å². The molecule has 0 spiro atoms. The molecule has 0 aliphatic heterocycles. The van der Waals surface area contributed by atoms with Gasteiger partial charge in [0.1, 0.15) is 5.75 Å². The van der Waals surface area contributed by atoms with Gasteiger partial charge in [0.15, 0.2) is 0 Å². The second kappa shape index (κ2) is 7.27. The minimum atomic E-state index is 0.0752. The second-order valence-electron chi connectivity index (χ2n) is 5.56. The lowest BCUT2D eigenvalue weighted by Gasteiger charge is -2.34. The number of carbonyl (C=O) groups is 1. The van der Waals surface area contributed by atoms with E-state index in [1.807, 2.05) is 37.2 Å². The van der Waals surface area contributed by atoms with Crippen LogP contribution in [0.5, 0.6) is 5.75 Å². The molecule has 0 bridgehead atoms. The number of rotatable bonds is 4. The molecule has 21 heavy (non-hydrogen) atoms. The standard InChI is InChI=1S/C16H23BrN2O2/c1-18-12-5-7-13(8-6-12)19(2)16(20)11-4-9-15(21-3)14(17)10-11/h4,9-10,12-13,18H,5-8H2,1-3H3. The fraction of sp³-hybridized carbons (Fsp3) is 0.562. The molecule has 0 atom stereocenters. The summed E-state index contributed by atoms with van der Waals surface area (Å²) >= 11 is 3.43. The Morgan fingerprint density at radius 2 is 2.00 bits per heavy atom. The van der Waals surface area contributed by atoms with Gasteiger partial charge in [-0.25, -0.2) is 0 Å². The van der Waals surface area contributed by atoms with E-state index in [4.69, 9.17) is 4.74 Å². The molecular weight excluding hydrogens is 332 g/mol. The van der Waals surface area contributed by atoms with E-state index in [2.05, 4.69) is 21.2 Å². The molecule has 0 heterocycles. The average molecular weight is 355 g/mol. The summed E-state index contributed by atoms with van der Waals surface area (Å²) in [7, 11) is 5.54. The summed E-state index contributed by atoms with van der Waals surface area (Å²) in [6.45, 7) is 0. The Kier molecular flexibility index (Phi) is 5.65. The van der Waals surface area contributed by atoms with Gasteiger partial charge in [-0.15, -0.1) is 0 Å². The summed E-state index contributed by atoms with van der Waals surface area (Å²) in [5.74, 6) is 0.815. The summed E-state index contributed by atoms with van der Waals surface area (Å²) in [4.78, 5) is 14.5. The van der Waals surface area contributed by atoms with Crippen molar-refractivity contribution in [2.75, 3.05) is 21.2 Å². The van der Waals surface area contributed by atoms with E-state index in [0.717, 1.165) is 35.9 Å². The Hall–Kier alpha value is -1.07. The monoisotopic (exact) mass is 354 g/mol. The molecular formula is C16H23BrN2O2. The first-order valence-corrected chi connectivity index (χ1v) is 8.14. The van der Waals surface area contributed by atoms with Crippen LogP contribution in [-0.4, -0.2) is 44.1 Å². The van der Waals surface area contributed by atoms with Crippen molar-refractivity contribution in [2.24, 2.45) is 0 Å². The minimum Gasteiger partial charge on any atom is -0.496 e. The number of amides is 1. The van der Waals surface area contributed by atoms with Crippen LogP contribution in [0, 0.1) is 0 Å². The summed E-state index contributed by atoms with van der Waals surface area (Å²) < 4.78 is 6.01. The van der Waals surface area contributed by atoms with Crippen molar-refractivity contribution in [3.05, 3.63) is 28.2 Å². The third-order valence-electron chi connectivity index (χ3n) is 4.37. The van der Waals surface area contributed by atoms with Crippen molar-refractivity contribution in [1.82, 2.24) is 10.2 Å². The number of nitrogens with zero attached hydrogens (tertiary/aromatic N) is 1. The van der Waals surface area contributed by atoms with E-state index >= 15 is 0 Å². The van der Waals surface area contributed by atoms with E-state index < -0.39 is 0 Å². The summed E-state index contributed by atoms with van der Waals surface area (Å²) in [6, 6.07) is 6.41. The van der Waals surface area contributed by atoms with Crippen molar-refractivity contribution in [1.29, 1.82) is 0 Å². The van der Waals surface area contributed by atoms with Gasteiger partial charge < -0.3 is 15.0 Å². The van der Waals surface area contributed by atoms with Crippen LogP contribution in [0.4, 0.5) is 0 Å². The van der Waals surface area contributed by atoms with Gasteiger partial charge in [0.25, 0.3) is 5.91 Å². The first kappa shape index (κ1) is 16.3. The maximum atomic E-state index is 12.6. The Morgan fingerprint density at radius 1 is 1.33 bits per heavy atom. The van der Waals surface area contributed by atoms with Crippen molar-refractivity contribution in [2.45, 2.75) is 37.8 Å². The zero-order valence-electron chi connectivity index (χ0n) is 12.9. The first-order valence-electron chi connectivity index (χ1n) is 7.34. The van der Waals surface area contributed by atoms with Crippen LogP contribution in [-0.2, 0) is 0 Å². The third kappa shape index (κ3) is 3.77. The van der Waals surface area contributed by atoms with Crippen molar-refractivity contribution in [3.8, 4) is 5.75 Å². The predicted octanol–water partition coefficient (Wildman–Crippen LogP) is 3.06. The molecule has 0 unspecified atom stereocenters. The topological polar surface area (TPSA) is 41.6 Å². The molecule has 1 N–H and O–H groups in total. The highest BCUT2D eigenvalue weighted by atomic mass is 79.9. The van der Waals surface area contributed by atoms with Gasteiger partial charge >= 0.3 is 0 Å². The van der Waals surface area contributed by atoms with Crippen molar-refractivity contribution >= 4 is 21.8 Å². The van der Waals surface area contributed by atoms with Gasteiger partial charge in [-0.05, 0) is 66.9 Å². The zero-order valence-corrected chi connectivity index (χ0v) is 14.4. The quantitative estimate of drug-likeness (QED) is 0.903. The van der Waals surface area contributed by atoms with Crippen LogP contribution in [0.2, 0.25) is 0 Å². The largest absolute Gasteiger partial charge is 0.496 e. The van der Waals surface area contributed by atoms with Crippen molar-refractivity contribution in [3.63, 3.8) is 0 Å². The number of carbonyl (C=O) groups excluding carboxylic acids is 1. The molecule has 2 rings (SSSR count). The summed E-state index contributed by atoms with van der Waals surface area (Å²) in [5, 5.41) is 3.32. The number of methoxy groups -OCH3 is 1. The van der Waals surface area contributed by atoms with Crippen LogP contribution in [0.15, 0.2) is 22.7 Å². The van der Waals surface area contributed by atoms with E-state index in [0.29, 0.717) is 17.6 Å². The van der Waals surface area contributed by atoms with Gasteiger partial charge in [-0.1, -0.05) is 0 Å². The highest BCUT2D eigenvalue weighted by Gasteiger charge is 2.26. The molecule has 1 aliphatic rings. The molecule has 1 aliphatic carbocycles. The first-order chi connectivity index (χ1) is 10.1. The Morgan fingerprint density at radius 3 is 2.52 bits per heavy atom. The zero-order chi connectivity index (χ0) is 15.4. The third-order valence-corrected chi connectivity index (χ3v) is 4.99. The smallest absolute Gasteiger partial charge is 0.253 e. The fourth-order valence-electron chi connectivity index (χ4n) is 2.92. The van der Waals surface area contributed by atoms with E-state index in [1.165, 1.54) is 0 Å². The van der Waals surface area contributed by atoms with Crippen LogP contribution in [0.25, 0.3) is 0 Å². The van der Waals surface area contributed by atoms with Gasteiger partial charge in [0, 0.05) is 24.7 Å². The lowest BCUT2D eigenvalue weighted by atomic mass is 9.90. The van der Waals surface area contributed by atoms with Gasteiger partial charge in [0.2, 0.25) is 0 Å². The molecule has 0 aromatic heterocycles. The average Bonchev–Trinajstić information content (AvgIpc) is 2.53. The second-order valence-corrected chi connectivity index (χ2v) is 6.41. The minimum absolute atomic E-state index is 0.0752. The van der Waals surface area contributed by atoms with Crippen LogP contribution < -0.4 is 10.1 Å². The fourth-order valence-corrected chi connectivity index (χ4v) is 3.46. The summed E-state index contributed by atoms with van der Waals surface area (Å²) in [5.41, 5.74) is 0.695. The summed E-state index contributed by atoms with van der Waals surface area (Å²) in [6.07, 6.45) is 4.38. The van der Waals surface area contributed by atoms with Crippen LogP contribution in [0.3, 0.4) is 0 Å². The van der Waals surface area contributed by atoms with Gasteiger partial charge in [-0.2, -0.15) is 0 Å². The molecule has 1 saturated carbocycles. The predicted molar refractivity (Wildman–Crippen MR) is 87.9 cm³/mol. The molecule has 5 heteroatoms. The number of hydrogen-bond donors (Lipinski definition) is 1. The van der Waals surface area contributed by atoms with E-state index in [9.17, 15) is 4.79 Å².